The maximum atomic E-state index is 12.4. The van der Waals surface area contributed by atoms with E-state index in [1.54, 1.807) is 19.1 Å². The summed E-state index contributed by atoms with van der Waals surface area (Å²) in [6.07, 6.45) is 1.94. The van der Waals surface area contributed by atoms with Gasteiger partial charge in [0.2, 0.25) is 11.6 Å². The van der Waals surface area contributed by atoms with Crippen molar-refractivity contribution < 1.29 is 18.7 Å². The molecule has 0 aliphatic heterocycles. The molecular formula is C14H14N6O4. The van der Waals surface area contributed by atoms with E-state index in [4.69, 9.17) is 9.15 Å². The maximum Gasteiger partial charge on any atom is 0.362 e. The molecule has 0 aromatic carbocycles. The number of pyridine rings is 1. The van der Waals surface area contributed by atoms with Crippen LogP contribution in [0.15, 0.2) is 22.7 Å². The van der Waals surface area contributed by atoms with E-state index in [1.165, 1.54) is 10.7 Å². The average molecular weight is 330 g/mol. The number of carbonyl (C=O) groups is 2. The van der Waals surface area contributed by atoms with Crippen molar-refractivity contribution in [3.8, 4) is 0 Å². The summed E-state index contributed by atoms with van der Waals surface area (Å²) in [5, 5.41) is 13.5. The van der Waals surface area contributed by atoms with Gasteiger partial charge in [-0.05, 0) is 29.5 Å². The zero-order valence-electron chi connectivity index (χ0n) is 13.0. The quantitative estimate of drug-likeness (QED) is 0.690. The summed E-state index contributed by atoms with van der Waals surface area (Å²) in [6, 6.07) is 3.15. The van der Waals surface area contributed by atoms with Crippen LogP contribution in [-0.4, -0.2) is 43.5 Å². The molecule has 0 spiro atoms. The van der Waals surface area contributed by atoms with E-state index in [9.17, 15) is 9.59 Å². The molecule has 3 rings (SSSR count). The number of nitrogens with one attached hydrogen (secondary N) is 1. The third-order valence-corrected chi connectivity index (χ3v) is 3.12. The molecule has 10 heteroatoms. The molecule has 1 amide bonds. The van der Waals surface area contributed by atoms with Crippen molar-refractivity contribution in [1.29, 1.82) is 0 Å². The fraction of sp³-hybridized carbons (Fsp3) is 0.286. The molecule has 10 nitrogen and oxygen atoms in total. The van der Waals surface area contributed by atoms with Crippen molar-refractivity contribution in [2.75, 3.05) is 11.9 Å². The van der Waals surface area contributed by atoms with Gasteiger partial charge in [0.1, 0.15) is 0 Å². The van der Waals surface area contributed by atoms with Gasteiger partial charge < -0.3 is 9.15 Å². The molecule has 0 saturated carbocycles. The molecule has 0 aliphatic rings. The fourth-order valence-electron chi connectivity index (χ4n) is 1.99. The number of aromatic nitrogens is 5. The van der Waals surface area contributed by atoms with Gasteiger partial charge in [0, 0.05) is 12.6 Å². The van der Waals surface area contributed by atoms with Crippen molar-refractivity contribution in [3.05, 3.63) is 35.5 Å². The fourth-order valence-corrected chi connectivity index (χ4v) is 1.99. The third-order valence-electron chi connectivity index (χ3n) is 3.12. The second-order valence-corrected chi connectivity index (χ2v) is 4.71. The Morgan fingerprint density at radius 1 is 1.33 bits per heavy atom. The lowest BCUT2D eigenvalue weighted by atomic mass is 10.2. The predicted molar refractivity (Wildman–Crippen MR) is 80.6 cm³/mol. The molecule has 0 fully saturated rings. The van der Waals surface area contributed by atoms with Crippen LogP contribution >= 0.6 is 0 Å². The number of hydrogen-bond acceptors (Lipinski definition) is 8. The Bertz CT molecular complexity index is 900. The second-order valence-electron chi connectivity index (χ2n) is 4.71. The normalized spacial score (nSPS) is 10.8. The average Bonchev–Trinajstić information content (AvgIpc) is 3.20. The summed E-state index contributed by atoms with van der Waals surface area (Å²) in [6.45, 7) is 3.69. The Labute approximate surface area is 135 Å². The van der Waals surface area contributed by atoms with E-state index in [0.29, 0.717) is 23.5 Å². The van der Waals surface area contributed by atoms with Crippen LogP contribution < -0.4 is 5.32 Å². The highest BCUT2D eigenvalue weighted by atomic mass is 16.5. The zero-order valence-corrected chi connectivity index (χ0v) is 13.0. The van der Waals surface area contributed by atoms with E-state index in [2.05, 4.69) is 25.8 Å². The number of rotatable bonds is 5. The Morgan fingerprint density at radius 3 is 2.92 bits per heavy atom. The Balaban J connectivity index is 1.87. The van der Waals surface area contributed by atoms with Crippen LogP contribution in [0.5, 0.6) is 0 Å². The van der Waals surface area contributed by atoms with Crippen LogP contribution in [0.1, 0.15) is 40.6 Å². The van der Waals surface area contributed by atoms with Crippen LogP contribution in [0.2, 0.25) is 0 Å². The minimum atomic E-state index is -0.660. The number of carbonyl (C=O) groups excluding carboxylic acids is 2. The van der Waals surface area contributed by atoms with Gasteiger partial charge in [-0.1, -0.05) is 6.92 Å². The highest BCUT2D eigenvalue weighted by Crippen LogP contribution is 2.20. The summed E-state index contributed by atoms with van der Waals surface area (Å²) in [5.74, 6) is -0.875. The molecule has 0 atom stereocenters. The number of oxazole rings is 1. The molecule has 0 unspecified atom stereocenters. The van der Waals surface area contributed by atoms with Gasteiger partial charge in [-0.3, -0.25) is 10.1 Å². The van der Waals surface area contributed by atoms with E-state index in [-0.39, 0.29) is 18.2 Å². The molecule has 0 radical (unpaired) electrons. The summed E-state index contributed by atoms with van der Waals surface area (Å²) < 4.78 is 11.7. The van der Waals surface area contributed by atoms with Crippen molar-refractivity contribution in [2.45, 2.75) is 20.3 Å². The van der Waals surface area contributed by atoms with Gasteiger partial charge in [0.25, 0.3) is 5.91 Å². The SMILES string of the molecule is CCOC(=O)c1nc(CC)oc1NC(=O)c1ccc2nnnn2c1. The minimum absolute atomic E-state index is 0.0490. The molecule has 0 aliphatic carbocycles. The highest BCUT2D eigenvalue weighted by Gasteiger charge is 2.23. The van der Waals surface area contributed by atoms with Crippen LogP contribution in [0.4, 0.5) is 5.88 Å². The zero-order chi connectivity index (χ0) is 17.1. The van der Waals surface area contributed by atoms with Gasteiger partial charge in [0.05, 0.1) is 12.2 Å². The number of aryl methyl sites for hydroxylation is 1. The van der Waals surface area contributed by atoms with E-state index in [1.807, 2.05) is 6.92 Å². The maximum absolute atomic E-state index is 12.4. The lowest BCUT2D eigenvalue weighted by Crippen LogP contribution is -2.15. The van der Waals surface area contributed by atoms with E-state index >= 15 is 0 Å². The number of fused-ring (bicyclic) bond motifs is 1. The van der Waals surface area contributed by atoms with Crippen LogP contribution in [0.3, 0.4) is 0 Å². The summed E-state index contributed by atoms with van der Waals surface area (Å²) >= 11 is 0. The number of ether oxygens (including phenoxy) is 1. The van der Waals surface area contributed by atoms with Crippen molar-refractivity contribution in [3.63, 3.8) is 0 Å². The first-order valence-electron chi connectivity index (χ1n) is 7.28. The molecule has 24 heavy (non-hydrogen) atoms. The topological polar surface area (TPSA) is 125 Å². The smallest absolute Gasteiger partial charge is 0.362 e. The standard InChI is InChI=1S/C14H14N6O4/c1-3-10-15-11(14(22)23-4-2)13(24-10)16-12(21)8-5-6-9-17-18-19-20(9)7-8/h5-7H,3-4H2,1-2H3,(H,16,21). The number of amides is 1. The first kappa shape index (κ1) is 15.6. The van der Waals surface area contributed by atoms with Crippen LogP contribution in [0.25, 0.3) is 5.65 Å². The highest BCUT2D eigenvalue weighted by molar-refractivity contribution is 6.06. The van der Waals surface area contributed by atoms with Gasteiger partial charge in [0.15, 0.2) is 11.5 Å². The number of nitrogens with zero attached hydrogens (tertiary/aromatic N) is 5. The molecule has 3 aromatic rings. The van der Waals surface area contributed by atoms with E-state index < -0.39 is 11.9 Å². The monoisotopic (exact) mass is 330 g/mol. The predicted octanol–water partition coefficient (Wildman–Crippen LogP) is 1.10. The summed E-state index contributed by atoms with van der Waals surface area (Å²) in [7, 11) is 0. The summed E-state index contributed by atoms with van der Waals surface area (Å²) in [4.78, 5) is 28.3. The Hall–Kier alpha value is -3.30. The number of esters is 1. The number of hydrogen-bond donors (Lipinski definition) is 1. The van der Waals surface area contributed by atoms with Gasteiger partial charge in [-0.15, -0.1) is 5.10 Å². The third kappa shape index (κ3) is 2.93. The molecule has 0 bridgehead atoms. The van der Waals surface area contributed by atoms with Crippen LogP contribution in [0, 0.1) is 0 Å². The van der Waals surface area contributed by atoms with Crippen LogP contribution in [-0.2, 0) is 11.2 Å². The first-order valence-corrected chi connectivity index (χ1v) is 7.28. The van der Waals surface area contributed by atoms with Gasteiger partial charge >= 0.3 is 5.97 Å². The van der Waals surface area contributed by atoms with Gasteiger partial charge in [-0.2, -0.15) is 4.52 Å². The van der Waals surface area contributed by atoms with Crippen molar-refractivity contribution in [2.24, 2.45) is 0 Å². The molecule has 124 valence electrons. The number of anilines is 1. The molecule has 0 saturated heterocycles. The molecule has 1 N–H and O–H groups in total. The largest absolute Gasteiger partial charge is 0.461 e. The van der Waals surface area contributed by atoms with Gasteiger partial charge in [-0.25, -0.2) is 9.78 Å². The first-order chi connectivity index (χ1) is 11.6. The minimum Gasteiger partial charge on any atom is -0.461 e. The summed E-state index contributed by atoms with van der Waals surface area (Å²) in [5.41, 5.74) is 0.733. The lowest BCUT2D eigenvalue weighted by molar-refractivity contribution is 0.0521. The Kier molecular flexibility index (Phi) is 4.18. The second kappa shape index (κ2) is 6.44. The molecule has 3 heterocycles. The van der Waals surface area contributed by atoms with Crippen molar-refractivity contribution in [1.82, 2.24) is 25.0 Å². The van der Waals surface area contributed by atoms with Crippen molar-refractivity contribution >= 4 is 23.4 Å². The number of tetrazole rings is 1. The lowest BCUT2D eigenvalue weighted by Gasteiger charge is -2.04. The molecular weight excluding hydrogens is 316 g/mol. The van der Waals surface area contributed by atoms with E-state index in [0.717, 1.165) is 0 Å². The molecule has 3 aromatic heterocycles. The Morgan fingerprint density at radius 2 is 2.17 bits per heavy atom.